The second kappa shape index (κ2) is 11.7. The van der Waals surface area contributed by atoms with Crippen LogP contribution in [0.3, 0.4) is 0 Å². The summed E-state index contributed by atoms with van der Waals surface area (Å²) in [5.74, 6) is -0.979. The lowest BCUT2D eigenvalue weighted by atomic mass is 10.1. The molecule has 2 heterocycles. The number of carbonyl (C=O) groups excluding carboxylic acids is 1. The lowest BCUT2D eigenvalue weighted by Crippen LogP contribution is -2.30. The van der Waals surface area contributed by atoms with Gasteiger partial charge in [-0.15, -0.1) is 0 Å². The fraction of sp³-hybridized carbons (Fsp3) is 0.370. The summed E-state index contributed by atoms with van der Waals surface area (Å²) in [5.41, 5.74) is 0.569. The number of hydrogen-bond donors (Lipinski definition) is 2. The second-order valence-electron chi connectivity index (χ2n) is 8.76. The van der Waals surface area contributed by atoms with Gasteiger partial charge in [0.05, 0.1) is 15.7 Å². The van der Waals surface area contributed by atoms with Gasteiger partial charge < -0.3 is 9.67 Å². The first kappa shape index (κ1) is 25.2. The number of anilines is 1. The highest BCUT2D eigenvalue weighted by Crippen LogP contribution is 2.30. The van der Waals surface area contributed by atoms with E-state index in [0.717, 1.165) is 24.0 Å². The van der Waals surface area contributed by atoms with Crippen LogP contribution in [-0.2, 0) is 6.54 Å². The Bertz CT molecular complexity index is 1400. The van der Waals surface area contributed by atoms with Gasteiger partial charge in [-0.3, -0.25) is 14.9 Å². The molecule has 2 N–H and O–H groups in total. The highest BCUT2D eigenvalue weighted by Gasteiger charge is 2.23. The van der Waals surface area contributed by atoms with E-state index in [1.807, 2.05) is 6.07 Å². The normalized spacial score (nSPS) is 11.4. The van der Waals surface area contributed by atoms with Crippen LogP contribution in [0.5, 0.6) is 5.75 Å². The van der Waals surface area contributed by atoms with Crippen molar-refractivity contribution < 1.29 is 9.90 Å². The standard InChI is InChI=1S/C27H30ClN3O3S/c1-2-3-4-5-6-7-8-11-16-31-21-13-10-9-12-19(21)24(32)23(26(31)34)25(33)30-27-29-20-15-14-18(28)17-22(20)35-27/h9-10,12-15,17,32H,2-8,11,16H2,1H3,(H,29,30,33). The van der Waals surface area contributed by atoms with Crippen LogP contribution in [0.25, 0.3) is 21.1 Å². The Morgan fingerprint density at radius 1 is 1.06 bits per heavy atom. The Morgan fingerprint density at radius 2 is 1.77 bits per heavy atom. The summed E-state index contributed by atoms with van der Waals surface area (Å²) in [6.45, 7) is 2.71. The Kier molecular flexibility index (Phi) is 8.42. The zero-order chi connectivity index (χ0) is 24.8. The molecule has 0 radical (unpaired) electrons. The van der Waals surface area contributed by atoms with E-state index in [0.29, 0.717) is 33.1 Å². The van der Waals surface area contributed by atoms with Gasteiger partial charge in [-0.05, 0) is 36.8 Å². The van der Waals surface area contributed by atoms with E-state index < -0.39 is 11.5 Å². The number of carbonyl (C=O) groups is 1. The average molecular weight is 512 g/mol. The van der Waals surface area contributed by atoms with E-state index in [1.54, 1.807) is 41.0 Å². The van der Waals surface area contributed by atoms with Gasteiger partial charge in [0.15, 0.2) is 5.13 Å². The van der Waals surface area contributed by atoms with Gasteiger partial charge in [-0.25, -0.2) is 4.98 Å². The summed E-state index contributed by atoms with van der Waals surface area (Å²) in [6.07, 6.45) is 9.23. The molecule has 0 unspecified atom stereocenters. The monoisotopic (exact) mass is 511 g/mol. The van der Waals surface area contributed by atoms with Gasteiger partial charge in [0.1, 0.15) is 11.3 Å². The van der Waals surface area contributed by atoms with Crippen molar-refractivity contribution in [2.24, 2.45) is 0 Å². The molecular formula is C27H30ClN3O3S. The van der Waals surface area contributed by atoms with Crippen LogP contribution in [0.15, 0.2) is 47.3 Å². The van der Waals surface area contributed by atoms with Crippen LogP contribution < -0.4 is 10.9 Å². The molecule has 8 heteroatoms. The predicted octanol–water partition coefficient (Wildman–Crippen LogP) is 7.36. The third-order valence-electron chi connectivity index (χ3n) is 6.18. The van der Waals surface area contributed by atoms with Gasteiger partial charge in [-0.1, -0.05) is 86.9 Å². The van der Waals surface area contributed by atoms with Crippen molar-refractivity contribution in [3.05, 3.63) is 63.4 Å². The maximum Gasteiger partial charge on any atom is 0.267 e. The molecule has 0 spiro atoms. The van der Waals surface area contributed by atoms with E-state index in [4.69, 9.17) is 11.6 Å². The zero-order valence-corrected chi connectivity index (χ0v) is 21.4. The topological polar surface area (TPSA) is 84.2 Å². The molecule has 0 fully saturated rings. The van der Waals surface area contributed by atoms with Crippen molar-refractivity contribution in [3.8, 4) is 5.75 Å². The molecule has 2 aromatic heterocycles. The van der Waals surface area contributed by atoms with Crippen LogP contribution in [-0.4, -0.2) is 20.6 Å². The van der Waals surface area contributed by atoms with Gasteiger partial charge in [0.2, 0.25) is 0 Å². The van der Waals surface area contributed by atoms with Gasteiger partial charge in [-0.2, -0.15) is 0 Å². The SMILES string of the molecule is CCCCCCCCCCn1c(=O)c(C(=O)Nc2nc3ccc(Cl)cc3s2)c(O)c2ccccc21. The number of fused-ring (bicyclic) bond motifs is 2. The molecule has 35 heavy (non-hydrogen) atoms. The summed E-state index contributed by atoms with van der Waals surface area (Å²) >= 11 is 7.31. The summed E-state index contributed by atoms with van der Waals surface area (Å²) in [4.78, 5) is 30.9. The number of aromatic hydroxyl groups is 1. The number of benzene rings is 2. The van der Waals surface area contributed by atoms with Crippen molar-refractivity contribution in [3.63, 3.8) is 0 Å². The summed E-state index contributed by atoms with van der Waals surface area (Å²) in [7, 11) is 0. The first-order valence-corrected chi connectivity index (χ1v) is 13.4. The smallest absolute Gasteiger partial charge is 0.267 e. The quantitative estimate of drug-likeness (QED) is 0.206. The number of aryl methyl sites for hydroxylation is 1. The Morgan fingerprint density at radius 3 is 2.54 bits per heavy atom. The number of halogens is 1. The van der Waals surface area contributed by atoms with Crippen LogP contribution >= 0.6 is 22.9 Å². The molecule has 4 aromatic rings. The highest BCUT2D eigenvalue weighted by atomic mass is 35.5. The molecule has 2 aromatic carbocycles. The van der Waals surface area contributed by atoms with Gasteiger partial charge >= 0.3 is 0 Å². The average Bonchev–Trinajstić information content (AvgIpc) is 3.23. The number of nitrogens with one attached hydrogen (secondary N) is 1. The summed E-state index contributed by atoms with van der Waals surface area (Å²) in [6, 6.07) is 12.4. The van der Waals surface area contributed by atoms with E-state index >= 15 is 0 Å². The maximum absolute atomic E-state index is 13.4. The van der Waals surface area contributed by atoms with Crippen LogP contribution in [0.1, 0.15) is 68.6 Å². The van der Waals surface area contributed by atoms with Gasteiger partial charge in [0, 0.05) is 17.0 Å². The van der Waals surface area contributed by atoms with E-state index in [9.17, 15) is 14.7 Å². The number of rotatable bonds is 11. The first-order valence-electron chi connectivity index (χ1n) is 12.2. The largest absolute Gasteiger partial charge is 0.506 e. The number of pyridine rings is 1. The minimum absolute atomic E-state index is 0.263. The fourth-order valence-corrected chi connectivity index (χ4v) is 5.47. The van der Waals surface area contributed by atoms with Crippen molar-refractivity contribution in [1.29, 1.82) is 0 Å². The molecule has 6 nitrogen and oxygen atoms in total. The van der Waals surface area contributed by atoms with Crippen molar-refractivity contribution in [2.75, 3.05) is 5.32 Å². The Labute approximate surface area is 213 Å². The van der Waals surface area contributed by atoms with Crippen LogP contribution in [0.2, 0.25) is 5.02 Å². The molecule has 0 atom stereocenters. The second-order valence-corrected chi connectivity index (χ2v) is 10.2. The number of hydrogen-bond acceptors (Lipinski definition) is 5. The molecule has 0 bridgehead atoms. The summed E-state index contributed by atoms with van der Waals surface area (Å²) < 4.78 is 2.43. The number of thiazole rings is 1. The Hall–Kier alpha value is -2.90. The van der Waals surface area contributed by atoms with Crippen LogP contribution in [0.4, 0.5) is 5.13 Å². The molecular weight excluding hydrogens is 482 g/mol. The zero-order valence-electron chi connectivity index (χ0n) is 19.8. The summed E-state index contributed by atoms with van der Waals surface area (Å²) in [5, 5.41) is 15.0. The van der Waals surface area contributed by atoms with Crippen molar-refractivity contribution >= 4 is 55.1 Å². The molecule has 0 aliphatic rings. The number of unbranched alkanes of at least 4 members (excludes halogenated alkanes) is 7. The molecule has 1 amide bonds. The minimum atomic E-state index is -0.673. The van der Waals surface area contributed by atoms with Crippen molar-refractivity contribution in [2.45, 2.75) is 64.8 Å². The van der Waals surface area contributed by atoms with E-state index in [-0.39, 0.29) is 11.3 Å². The molecule has 4 rings (SSSR count). The molecule has 0 saturated heterocycles. The van der Waals surface area contributed by atoms with Gasteiger partial charge in [0.25, 0.3) is 11.5 Å². The molecule has 184 valence electrons. The van der Waals surface area contributed by atoms with Crippen LogP contribution in [0, 0.1) is 0 Å². The first-order chi connectivity index (χ1) is 17.0. The Balaban J connectivity index is 1.55. The van der Waals surface area contributed by atoms with E-state index in [1.165, 1.54) is 43.4 Å². The van der Waals surface area contributed by atoms with Crippen molar-refractivity contribution in [1.82, 2.24) is 9.55 Å². The highest BCUT2D eigenvalue weighted by molar-refractivity contribution is 7.22. The number of amides is 1. The number of nitrogens with zero attached hydrogens (tertiary/aromatic N) is 2. The third kappa shape index (κ3) is 5.85. The number of para-hydroxylation sites is 1. The minimum Gasteiger partial charge on any atom is -0.506 e. The third-order valence-corrected chi connectivity index (χ3v) is 7.35. The molecule has 0 saturated carbocycles. The van der Waals surface area contributed by atoms with E-state index in [2.05, 4.69) is 17.2 Å². The lowest BCUT2D eigenvalue weighted by molar-refractivity contribution is 0.102. The lowest BCUT2D eigenvalue weighted by Gasteiger charge is -2.14. The maximum atomic E-state index is 13.4. The predicted molar refractivity (Wildman–Crippen MR) is 145 cm³/mol. The fourth-order valence-electron chi connectivity index (χ4n) is 4.33. The molecule has 0 aliphatic heterocycles. The number of aromatic nitrogens is 2. The molecule has 0 aliphatic carbocycles.